The number of rotatable bonds is 6. The fourth-order valence-electron chi connectivity index (χ4n) is 3.81. The van der Waals surface area contributed by atoms with Crippen LogP contribution in [0.4, 0.5) is 10.1 Å². The molecule has 33 heavy (non-hydrogen) atoms. The Hall–Kier alpha value is -3.45. The molecule has 3 aromatic rings. The first-order chi connectivity index (χ1) is 15.8. The van der Waals surface area contributed by atoms with Crippen LogP contribution in [-0.4, -0.2) is 23.4 Å². The molecule has 0 aliphatic carbocycles. The van der Waals surface area contributed by atoms with Gasteiger partial charge in [0.1, 0.15) is 23.4 Å². The maximum atomic E-state index is 13.9. The van der Waals surface area contributed by atoms with E-state index < -0.39 is 23.5 Å². The quantitative estimate of drug-likeness (QED) is 0.281. The number of halogens is 1. The van der Waals surface area contributed by atoms with Crippen LogP contribution in [0.5, 0.6) is 5.75 Å². The van der Waals surface area contributed by atoms with E-state index in [4.69, 9.17) is 4.74 Å². The third kappa shape index (κ3) is 4.41. The summed E-state index contributed by atoms with van der Waals surface area (Å²) in [6.45, 7) is 6.52. The first-order valence-electron chi connectivity index (χ1n) is 10.6. The molecular weight excluding hydrogens is 441 g/mol. The SMILES string of the molecule is Cc1cc(/C(O)=C2/C(=O)C(=O)N(c3cccc(F)c3)C2c2cccs2)ccc1OCC(C)C. The third-order valence-corrected chi connectivity index (χ3v) is 6.29. The normalized spacial score (nSPS) is 17.7. The lowest BCUT2D eigenvalue weighted by molar-refractivity contribution is -0.132. The number of carbonyl (C=O) groups excluding carboxylic acids is 2. The molecule has 1 amide bonds. The summed E-state index contributed by atoms with van der Waals surface area (Å²) >= 11 is 1.35. The van der Waals surface area contributed by atoms with E-state index in [1.165, 1.54) is 34.4 Å². The molecule has 0 saturated carbocycles. The summed E-state index contributed by atoms with van der Waals surface area (Å²) < 4.78 is 19.7. The van der Waals surface area contributed by atoms with Gasteiger partial charge in [0.25, 0.3) is 11.7 Å². The fourth-order valence-corrected chi connectivity index (χ4v) is 4.63. The standard InChI is InChI=1S/C26H24FNO4S/c1-15(2)14-32-20-10-9-17(12-16(20)3)24(29)22-23(21-8-5-11-33-21)28(26(31)25(22)30)19-7-4-6-18(27)13-19/h4-13,15,23,29H,14H2,1-3H3/b24-22-. The lowest BCUT2D eigenvalue weighted by atomic mass is 9.98. The molecule has 0 bridgehead atoms. The van der Waals surface area contributed by atoms with E-state index >= 15 is 0 Å². The Kier molecular flexibility index (Phi) is 6.33. The van der Waals surface area contributed by atoms with E-state index in [1.807, 2.05) is 12.3 Å². The number of ketones is 1. The summed E-state index contributed by atoms with van der Waals surface area (Å²) in [6, 6.07) is 13.4. The number of aliphatic hydroxyl groups excluding tert-OH is 1. The van der Waals surface area contributed by atoms with Crippen LogP contribution in [0, 0.1) is 18.7 Å². The average molecular weight is 466 g/mol. The van der Waals surface area contributed by atoms with Crippen LogP contribution >= 0.6 is 11.3 Å². The molecule has 4 rings (SSSR count). The molecule has 170 valence electrons. The van der Waals surface area contributed by atoms with Gasteiger partial charge in [-0.25, -0.2) is 4.39 Å². The lowest BCUT2D eigenvalue weighted by Crippen LogP contribution is -2.29. The Bertz CT molecular complexity index is 1230. The van der Waals surface area contributed by atoms with Gasteiger partial charge in [-0.05, 0) is 66.2 Å². The van der Waals surface area contributed by atoms with E-state index in [2.05, 4.69) is 13.8 Å². The summed E-state index contributed by atoms with van der Waals surface area (Å²) in [4.78, 5) is 28.1. The molecule has 1 fully saturated rings. The monoisotopic (exact) mass is 465 g/mol. The van der Waals surface area contributed by atoms with Crippen LogP contribution in [0.1, 0.15) is 35.9 Å². The topological polar surface area (TPSA) is 66.8 Å². The number of nitrogens with zero attached hydrogens (tertiary/aromatic N) is 1. The number of Topliss-reactive ketones (excluding diaryl/α,β-unsaturated/α-hetero) is 1. The molecule has 2 heterocycles. The van der Waals surface area contributed by atoms with Crippen molar-refractivity contribution >= 4 is 34.5 Å². The van der Waals surface area contributed by atoms with Crippen LogP contribution < -0.4 is 9.64 Å². The van der Waals surface area contributed by atoms with Gasteiger partial charge in [0.15, 0.2) is 0 Å². The number of hydrogen-bond acceptors (Lipinski definition) is 5. The van der Waals surface area contributed by atoms with Crippen molar-refractivity contribution in [3.05, 3.63) is 87.4 Å². The van der Waals surface area contributed by atoms with Crippen molar-refractivity contribution in [3.63, 3.8) is 0 Å². The van der Waals surface area contributed by atoms with Crippen molar-refractivity contribution in [2.45, 2.75) is 26.8 Å². The van der Waals surface area contributed by atoms with E-state index in [9.17, 15) is 19.1 Å². The van der Waals surface area contributed by atoms with Gasteiger partial charge in [0, 0.05) is 16.1 Å². The smallest absolute Gasteiger partial charge is 0.300 e. The number of carbonyl (C=O) groups is 2. The van der Waals surface area contributed by atoms with Crippen molar-refractivity contribution in [1.82, 2.24) is 0 Å². The highest BCUT2D eigenvalue weighted by Crippen LogP contribution is 2.43. The first kappa shape index (κ1) is 22.7. The number of thiophene rings is 1. The number of hydrogen-bond donors (Lipinski definition) is 1. The molecule has 5 nitrogen and oxygen atoms in total. The highest BCUT2D eigenvalue weighted by Gasteiger charge is 2.47. The maximum absolute atomic E-state index is 13.9. The number of amides is 1. The second-order valence-electron chi connectivity index (χ2n) is 8.35. The largest absolute Gasteiger partial charge is 0.507 e. The molecule has 0 spiro atoms. The van der Waals surface area contributed by atoms with Gasteiger partial charge in [0.05, 0.1) is 12.2 Å². The molecule has 1 aliphatic heterocycles. The van der Waals surface area contributed by atoms with Gasteiger partial charge in [-0.3, -0.25) is 14.5 Å². The second kappa shape index (κ2) is 9.19. The third-order valence-electron chi connectivity index (χ3n) is 5.36. The maximum Gasteiger partial charge on any atom is 0.300 e. The van der Waals surface area contributed by atoms with Crippen molar-refractivity contribution in [1.29, 1.82) is 0 Å². The molecule has 2 aromatic carbocycles. The molecule has 0 radical (unpaired) electrons. The van der Waals surface area contributed by atoms with Crippen molar-refractivity contribution in [2.24, 2.45) is 5.92 Å². The van der Waals surface area contributed by atoms with E-state index in [0.717, 1.165) is 5.56 Å². The molecule has 1 aliphatic rings. The van der Waals surface area contributed by atoms with Crippen LogP contribution in [0.25, 0.3) is 5.76 Å². The minimum Gasteiger partial charge on any atom is -0.507 e. The predicted molar refractivity (Wildman–Crippen MR) is 127 cm³/mol. The Morgan fingerprint density at radius 1 is 1.15 bits per heavy atom. The molecule has 1 N–H and O–H groups in total. The number of aryl methyl sites for hydroxylation is 1. The molecular formula is C26H24FNO4S. The van der Waals surface area contributed by atoms with Crippen molar-refractivity contribution < 1.29 is 23.8 Å². The fraction of sp³-hybridized carbons (Fsp3) is 0.231. The minimum absolute atomic E-state index is 0.0260. The van der Waals surface area contributed by atoms with Gasteiger partial charge >= 0.3 is 0 Å². The van der Waals surface area contributed by atoms with Gasteiger partial charge in [-0.15, -0.1) is 11.3 Å². The summed E-state index contributed by atoms with van der Waals surface area (Å²) in [6.07, 6.45) is 0. The van der Waals surface area contributed by atoms with Gasteiger partial charge < -0.3 is 9.84 Å². The van der Waals surface area contributed by atoms with Gasteiger partial charge in [0.2, 0.25) is 0 Å². The Morgan fingerprint density at radius 3 is 2.58 bits per heavy atom. The lowest BCUT2D eigenvalue weighted by Gasteiger charge is -2.24. The summed E-state index contributed by atoms with van der Waals surface area (Å²) in [5.74, 6) is -1.37. The number of benzene rings is 2. The highest BCUT2D eigenvalue weighted by molar-refractivity contribution is 7.10. The zero-order valence-electron chi connectivity index (χ0n) is 18.5. The first-order valence-corrected chi connectivity index (χ1v) is 11.5. The van der Waals surface area contributed by atoms with Crippen LogP contribution in [0.15, 0.2) is 65.6 Å². The molecule has 1 saturated heterocycles. The number of anilines is 1. The van der Waals surface area contributed by atoms with Gasteiger partial charge in [-0.1, -0.05) is 26.0 Å². The van der Waals surface area contributed by atoms with E-state index in [0.29, 0.717) is 28.7 Å². The Balaban J connectivity index is 1.81. The van der Waals surface area contributed by atoms with Crippen LogP contribution in [-0.2, 0) is 9.59 Å². The molecule has 1 atom stereocenters. The second-order valence-corrected chi connectivity index (χ2v) is 9.33. The Labute approximate surface area is 195 Å². The van der Waals surface area contributed by atoms with Crippen molar-refractivity contribution in [3.8, 4) is 5.75 Å². The molecule has 1 aromatic heterocycles. The van der Waals surface area contributed by atoms with Crippen LogP contribution in [0.2, 0.25) is 0 Å². The predicted octanol–water partition coefficient (Wildman–Crippen LogP) is 5.86. The Morgan fingerprint density at radius 2 is 1.94 bits per heavy atom. The van der Waals surface area contributed by atoms with E-state index in [1.54, 1.807) is 36.4 Å². The zero-order chi connectivity index (χ0) is 23.7. The van der Waals surface area contributed by atoms with Gasteiger partial charge in [-0.2, -0.15) is 0 Å². The number of aliphatic hydroxyl groups is 1. The summed E-state index contributed by atoms with van der Waals surface area (Å²) in [5.41, 5.74) is 1.43. The summed E-state index contributed by atoms with van der Waals surface area (Å²) in [5, 5.41) is 13.0. The summed E-state index contributed by atoms with van der Waals surface area (Å²) in [7, 11) is 0. The number of ether oxygens (including phenoxy) is 1. The average Bonchev–Trinajstić information content (AvgIpc) is 3.39. The van der Waals surface area contributed by atoms with E-state index in [-0.39, 0.29) is 17.0 Å². The minimum atomic E-state index is -0.857. The highest BCUT2D eigenvalue weighted by atomic mass is 32.1. The molecule has 7 heteroatoms. The molecule has 1 unspecified atom stereocenters. The zero-order valence-corrected chi connectivity index (χ0v) is 19.4. The van der Waals surface area contributed by atoms with Crippen molar-refractivity contribution in [2.75, 3.05) is 11.5 Å². The van der Waals surface area contributed by atoms with Crippen LogP contribution in [0.3, 0.4) is 0 Å².